The summed E-state index contributed by atoms with van der Waals surface area (Å²) in [5, 5.41) is 3.95. The zero-order chi connectivity index (χ0) is 19.7. The summed E-state index contributed by atoms with van der Waals surface area (Å²) in [4.78, 5) is 18.0. The Morgan fingerprint density at radius 2 is 1.64 bits per heavy atom. The number of amides is 1. The fourth-order valence-electron chi connectivity index (χ4n) is 3.36. The quantitative estimate of drug-likeness (QED) is 0.477. The van der Waals surface area contributed by atoms with Crippen LogP contribution in [-0.4, -0.2) is 10.9 Å². The van der Waals surface area contributed by atoms with Gasteiger partial charge in [-0.05, 0) is 56.2 Å². The van der Waals surface area contributed by atoms with Crippen molar-refractivity contribution < 1.29 is 4.79 Å². The molecule has 1 amide bonds. The number of hydrogen-bond acceptors (Lipinski definition) is 2. The molecule has 0 unspecified atom stereocenters. The van der Waals surface area contributed by atoms with Gasteiger partial charge in [-0.1, -0.05) is 54.1 Å². The number of pyridine rings is 1. The molecule has 3 aromatic carbocycles. The highest BCUT2D eigenvalue weighted by atomic mass is 16.1. The topological polar surface area (TPSA) is 42.0 Å². The third kappa shape index (κ3) is 3.39. The molecule has 3 nitrogen and oxygen atoms in total. The van der Waals surface area contributed by atoms with E-state index in [-0.39, 0.29) is 5.91 Å². The van der Waals surface area contributed by atoms with Crippen LogP contribution < -0.4 is 5.32 Å². The molecule has 0 saturated carbocycles. The fraction of sp³-hybridized carbons (Fsp3) is 0.120. The normalized spacial score (nSPS) is 10.8. The molecule has 0 aliphatic rings. The lowest BCUT2D eigenvalue weighted by Gasteiger charge is -2.13. The van der Waals surface area contributed by atoms with E-state index in [9.17, 15) is 4.79 Å². The highest BCUT2D eigenvalue weighted by molar-refractivity contribution is 6.13. The van der Waals surface area contributed by atoms with Crippen molar-refractivity contribution in [1.82, 2.24) is 4.98 Å². The van der Waals surface area contributed by atoms with Gasteiger partial charge >= 0.3 is 0 Å². The van der Waals surface area contributed by atoms with Gasteiger partial charge in [0.25, 0.3) is 5.91 Å². The zero-order valence-corrected chi connectivity index (χ0v) is 16.3. The summed E-state index contributed by atoms with van der Waals surface area (Å²) in [6, 6.07) is 23.8. The molecular formula is C25H22N2O. The molecule has 3 heteroatoms. The minimum atomic E-state index is -0.121. The number of carbonyl (C=O) groups is 1. The highest BCUT2D eigenvalue weighted by Crippen LogP contribution is 2.27. The van der Waals surface area contributed by atoms with E-state index >= 15 is 0 Å². The summed E-state index contributed by atoms with van der Waals surface area (Å²) < 4.78 is 0. The fourth-order valence-corrected chi connectivity index (χ4v) is 3.36. The monoisotopic (exact) mass is 366 g/mol. The number of carbonyl (C=O) groups excluding carboxylic acids is 1. The van der Waals surface area contributed by atoms with E-state index in [1.165, 1.54) is 0 Å². The van der Waals surface area contributed by atoms with Gasteiger partial charge in [0.05, 0.1) is 16.8 Å². The maximum absolute atomic E-state index is 13.2. The van der Waals surface area contributed by atoms with Crippen LogP contribution in [0.4, 0.5) is 5.69 Å². The molecule has 138 valence electrons. The van der Waals surface area contributed by atoms with E-state index in [1.807, 2.05) is 93.6 Å². The van der Waals surface area contributed by atoms with Crippen LogP contribution >= 0.6 is 0 Å². The summed E-state index contributed by atoms with van der Waals surface area (Å²) in [7, 11) is 0. The number of benzene rings is 3. The van der Waals surface area contributed by atoms with Crippen molar-refractivity contribution in [2.24, 2.45) is 0 Å². The molecule has 0 aliphatic carbocycles. The van der Waals surface area contributed by atoms with E-state index in [4.69, 9.17) is 4.98 Å². The minimum Gasteiger partial charge on any atom is -0.322 e. The second-order valence-electron chi connectivity index (χ2n) is 7.14. The number of hydrogen-bond donors (Lipinski definition) is 1. The van der Waals surface area contributed by atoms with Crippen molar-refractivity contribution in [2.45, 2.75) is 20.8 Å². The Balaban J connectivity index is 1.85. The van der Waals surface area contributed by atoms with Crippen molar-refractivity contribution in [2.75, 3.05) is 5.32 Å². The first-order chi connectivity index (χ1) is 13.5. The van der Waals surface area contributed by atoms with Crippen LogP contribution in [0.2, 0.25) is 0 Å². The molecule has 1 heterocycles. The van der Waals surface area contributed by atoms with Gasteiger partial charge in [-0.15, -0.1) is 0 Å². The van der Waals surface area contributed by atoms with Crippen LogP contribution in [0.3, 0.4) is 0 Å². The molecule has 1 aromatic heterocycles. The average molecular weight is 366 g/mol. The summed E-state index contributed by atoms with van der Waals surface area (Å²) in [5.41, 5.74) is 7.40. The summed E-state index contributed by atoms with van der Waals surface area (Å²) in [6.07, 6.45) is 0. The molecule has 0 aliphatic heterocycles. The van der Waals surface area contributed by atoms with Gasteiger partial charge in [0.2, 0.25) is 0 Å². The van der Waals surface area contributed by atoms with Crippen molar-refractivity contribution in [3.8, 4) is 11.3 Å². The number of aryl methyl sites for hydroxylation is 2. The van der Waals surface area contributed by atoms with E-state index in [0.717, 1.165) is 44.5 Å². The van der Waals surface area contributed by atoms with Crippen molar-refractivity contribution in [1.29, 1.82) is 0 Å². The standard InChI is InChI=1S/C25H22N2O/c1-16-12-13-23-20(14-16)21(15-24(26-23)19-9-5-4-6-10-19)25(28)27-22-11-7-8-17(2)18(22)3/h4-15H,1-3H3,(H,27,28). The van der Waals surface area contributed by atoms with Crippen molar-refractivity contribution >= 4 is 22.5 Å². The number of fused-ring (bicyclic) bond motifs is 1. The molecular weight excluding hydrogens is 344 g/mol. The third-order valence-corrected chi connectivity index (χ3v) is 5.13. The van der Waals surface area contributed by atoms with Gasteiger partial charge in [-0.3, -0.25) is 4.79 Å². The maximum atomic E-state index is 13.2. The molecule has 0 bridgehead atoms. The van der Waals surface area contributed by atoms with Crippen LogP contribution in [0, 0.1) is 20.8 Å². The lowest BCUT2D eigenvalue weighted by Crippen LogP contribution is -2.14. The predicted octanol–water partition coefficient (Wildman–Crippen LogP) is 6.08. The van der Waals surface area contributed by atoms with E-state index in [2.05, 4.69) is 5.32 Å². The first-order valence-corrected chi connectivity index (χ1v) is 9.37. The van der Waals surface area contributed by atoms with Crippen LogP contribution in [0.15, 0.2) is 72.8 Å². The van der Waals surface area contributed by atoms with Gasteiger partial charge in [0, 0.05) is 16.6 Å². The first-order valence-electron chi connectivity index (χ1n) is 9.37. The Morgan fingerprint density at radius 1 is 0.857 bits per heavy atom. The third-order valence-electron chi connectivity index (χ3n) is 5.13. The SMILES string of the molecule is Cc1ccc2nc(-c3ccccc3)cc(C(=O)Nc3cccc(C)c3C)c2c1. The van der Waals surface area contributed by atoms with Crippen molar-refractivity contribution in [3.05, 3.63) is 95.1 Å². The zero-order valence-electron chi connectivity index (χ0n) is 16.3. The molecule has 0 atom stereocenters. The number of anilines is 1. The van der Waals surface area contributed by atoms with Crippen molar-refractivity contribution in [3.63, 3.8) is 0 Å². The van der Waals surface area contributed by atoms with Gasteiger partial charge < -0.3 is 5.32 Å². The summed E-state index contributed by atoms with van der Waals surface area (Å²) in [5.74, 6) is -0.121. The minimum absolute atomic E-state index is 0.121. The Bertz CT molecular complexity index is 1180. The van der Waals surface area contributed by atoms with Crippen LogP contribution in [0.5, 0.6) is 0 Å². The number of nitrogens with one attached hydrogen (secondary N) is 1. The Morgan fingerprint density at radius 3 is 2.43 bits per heavy atom. The molecule has 4 aromatic rings. The molecule has 0 fully saturated rings. The summed E-state index contributed by atoms with van der Waals surface area (Å²) in [6.45, 7) is 6.09. The van der Waals surface area contributed by atoms with E-state index < -0.39 is 0 Å². The lowest BCUT2D eigenvalue weighted by atomic mass is 10.0. The lowest BCUT2D eigenvalue weighted by molar-refractivity contribution is 0.102. The molecule has 0 saturated heterocycles. The molecule has 0 radical (unpaired) electrons. The molecule has 0 spiro atoms. The molecule has 4 rings (SSSR count). The Labute approximate surface area is 165 Å². The van der Waals surface area contributed by atoms with Crippen LogP contribution in [0.25, 0.3) is 22.2 Å². The highest BCUT2D eigenvalue weighted by Gasteiger charge is 2.15. The first kappa shape index (κ1) is 17.9. The average Bonchev–Trinajstić information content (AvgIpc) is 2.71. The second kappa shape index (κ2) is 7.28. The number of aromatic nitrogens is 1. The van der Waals surface area contributed by atoms with Crippen LogP contribution in [-0.2, 0) is 0 Å². The van der Waals surface area contributed by atoms with E-state index in [1.54, 1.807) is 0 Å². The molecule has 1 N–H and O–H groups in total. The van der Waals surface area contributed by atoms with Crippen LogP contribution in [0.1, 0.15) is 27.0 Å². The van der Waals surface area contributed by atoms with Gasteiger partial charge in [0.1, 0.15) is 0 Å². The smallest absolute Gasteiger partial charge is 0.256 e. The Hall–Kier alpha value is -3.46. The molecule has 28 heavy (non-hydrogen) atoms. The maximum Gasteiger partial charge on any atom is 0.256 e. The number of rotatable bonds is 3. The Kier molecular flexibility index (Phi) is 4.66. The summed E-state index contributed by atoms with van der Waals surface area (Å²) >= 11 is 0. The van der Waals surface area contributed by atoms with Gasteiger partial charge in [-0.25, -0.2) is 4.98 Å². The van der Waals surface area contributed by atoms with Gasteiger partial charge in [0.15, 0.2) is 0 Å². The predicted molar refractivity (Wildman–Crippen MR) is 116 cm³/mol. The second-order valence-corrected chi connectivity index (χ2v) is 7.14. The largest absolute Gasteiger partial charge is 0.322 e. The van der Waals surface area contributed by atoms with Gasteiger partial charge in [-0.2, -0.15) is 0 Å². The number of nitrogens with zero attached hydrogens (tertiary/aromatic N) is 1. The van der Waals surface area contributed by atoms with E-state index in [0.29, 0.717) is 5.56 Å².